The Kier molecular flexibility index (Phi) is 12.2. The van der Waals surface area contributed by atoms with E-state index in [-0.39, 0.29) is 33.9 Å². The fourth-order valence-electron chi connectivity index (χ4n) is 10.4. The number of aromatic amines is 1. The fraction of sp³-hybridized carbons (Fsp3) is 0.440. The molecule has 3 N–H and O–H groups in total. The molecule has 2 aliphatic carbocycles. The number of nitrogens with one attached hydrogen (secondary N) is 3. The molecule has 3 aliphatic heterocycles. The first kappa shape index (κ1) is 45.1. The predicted molar refractivity (Wildman–Crippen MR) is 263 cm³/mol. The number of likely N-dealkylation sites (tertiary alicyclic amines) is 1. The number of sulfonamides is 1. The van der Waals surface area contributed by atoms with Gasteiger partial charge < -0.3 is 29.7 Å². The number of carbonyl (C=O) groups excluding carboxylic acids is 1. The molecule has 5 heterocycles. The van der Waals surface area contributed by atoms with Crippen LogP contribution in [0.4, 0.5) is 28.4 Å². The van der Waals surface area contributed by atoms with E-state index < -0.39 is 20.9 Å². The number of nitro benzene ring substituents is 1. The summed E-state index contributed by atoms with van der Waals surface area (Å²) in [5, 5.41) is 17.0. The van der Waals surface area contributed by atoms with Gasteiger partial charge in [-0.15, -0.1) is 0 Å². The molecule has 0 bridgehead atoms. The molecule has 10 rings (SSSR count). The first-order chi connectivity index (χ1) is 32.2. The van der Waals surface area contributed by atoms with Crippen LogP contribution in [0.1, 0.15) is 74.7 Å². The number of nitrogens with zero attached hydrogens (tertiary/aromatic N) is 6. The first-order valence-electron chi connectivity index (χ1n) is 23.5. The number of amides is 1. The summed E-state index contributed by atoms with van der Waals surface area (Å²) in [5.41, 5.74) is 7.56. The summed E-state index contributed by atoms with van der Waals surface area (Å²) in [7, 11) is -4.56. The number of halogens is 1. The Morgan fingerprint density at radius 3 is 2.42 bits per heavy atom. The van der Waals surface area contributed by atoms with E-state index in [1.54, 1.807) is 12.3 Å². The lowest BCUT2D eigenvalue weighted by Crippen LogP contribution is -2.47. The number of fused-ring (bicyclic) bond motifs is 2. The van der Waals surface area contributed by atoms with Crippen LogP contribution in [-0.2, 0) is 10.0 Å². The van der Waals surface area contributed by atoms with Crippen LogP contribution in [0.2, 0.25) is 5.02 Å². The topological polar surface area (TPSA) is 169 Å². The van der Waals surface area contributed by atoms with Gasteiger partial charge in [-0.1, -0.05) is 43.2 Å². The highest BCUT2D eigenvalue weighted by molar-refractivity contribution is 7.90. The number of anilines is 4. The minimum atomic E-state index is -4.56. The van der Waals surface area contributed by atoms with Gasteiger partial charge >= 0.3 is 0 Å². The number of nitro groups is 1. The fourth-order valence-corrected chi connectivity index (χ4v) is 11.5. The van der Waals surface area contributed by atoms with E-state index in [0.29, 0.717) is 41.4 Å². The van der Waals surface area contributed by atoms with Crippen LogP contribution in [0.25, 0.3) is 16.6 Å². The Morgan fingerprint density at radius 1 is 0.896 bits per heavy atom. The van der Waals surface area contributed by atoms with Crippen LogP contribution in [0.15, 0.2) is 89.5 Å². The summed E-state index contributed by atoms with van der Waals surface area (Å²) in [4.78, 5) is 42.6. The van der Waals surface area contributed by atoms with Gasteiger partial charge in [0.1, 0.15) is 23.6 Å². The number of piperidine rings is 1. The van der Waals surface area contributed by atoms with Crippen LogP contribution in [0.3, 0.4) is 0 Å². The maximum Gasteiger partial charge on any atom is 0.293 e. The van der Waals surface area contributed by atoms with Crippen LogP contribution < -0.4 is 24.6 Å². The van der Waals surface area contributed by atoms with E-state index in [2.05, 4.69) is 55.7 Å². The summed E-state index contributed by atoms with van der Waals surface area (Å²) >= 11 is 6.27. The molecule has 5 aromatic rings. The lowest BCUT2D eigenvalue weighted by atomic mass is 9.72. The van der Waals surface area contributed by atoms with Crippen molar-refractivity contribution in [2.75, 3.05) is 87.2 Å². The third-order valence-electron chi connectivity index (χ3n) is 14.7. The van der Waals surface area contributed by atoms with Crippen LogP contribution in [0, 0.1) is 20.9 Å². The van der Waals surface area contributed by atoms with Gasteiger partial charge in [0.05, 0.1) is 27.6 Å². The molecule has 1 amide bonds. The van der Waals surface area contributed by atoms with Gasteiger partial charge in [-0.05, 0) is 135 Å². The van der Waals surface area contributed by atoms with Crippen molar-refractivity contribution in [3.05, 3.63) is 111 Å². The third kappa shape index (κ3) is 9.72. The molecule has 3 aromatic carbocycles. The molecule has 0 unspecified atom stereocenters. The minimum Gasteiger partial charge on any atom is -0.474 e. The summed E-state index contributed by atoms with van der Waals surface area (Å²) in [5.74, 6) is -0.476. The molecule has 0 atom stereocenters. The summed E-state index contributed by atoms with van der Waals surface area (Å²) in [6, 6.07) is 21.2. The minimum absolute atomic E-state index is 0.118. The van der Waals surface area contributed by atoms with Gasteiger partial charge in [-0.2, -0.15) is 4.98 Å². The predicted octanol–water partition coefficient (Wildman–Crippen LogP) is 8.85. The summed E-state index contributed by atoms with van der Waals surface area (Å²) in [6.45, 7) is 12.6. The molecular formula is C50H58ClN9O6S. The van der Waals surface area contributed by atoms with Crippen molar-refractivity contribution < 1.29 is 22.9 Å². The van der Waals surface area contributed by atoms with E-state index in [1.165, 1.54) is 54.5 Å². The van der Waals surface area contributed by atoms with Gasteiger partial charge in [-0.25, -0.2) is 13.1 Å². The molecule has 1 saturated carbocycles. The molecule has 3 fully saturated rings. The van der Waals surface area contributed by atoms with Crippen molar-refractivity contribution in [1.82, 2.24) is 24.5 Å². The average Bonchev–Trinajstić information content (AvgIpc) is 3.92. The van der Waals surface area contributed by atoms with Gasteiger partial charge in [0, 0.05) is 74.2 Å². The van der Waals surface area contributed by atoms with Crippen LogP contribution in [0.5, 0.6) is 5.88 Å². The number of allylic oxidation sites excluding steroid dienone is 1. The lowest BCUT2D eigenvalue weighted by Gasteiger charge is -2.39. The second kappa shape index (κ2) is 18.1. The van der Waals surface area contributed by atoms with Crippen molar-refractivity contribution in [1.29, 1.82) is 0 Å². The molecular weight excluding hydrogens is 890 g/mol. The number of piperazine rings is 1. The SMILES string of the molecule is CC1(C)CCC(CN2CCN(c3ccc(C(=O)NS(=O)(=O)c4ccc(NCCN5CCC6(CC5)CC6)c([N+](=O)[O-])c4)c(N4CCOc5nc6[nH]ccc6cc54)c3)CC2)=C(c2ccc(Cl)cc2)C1. The molecule has 17 heteroatoms. The number of benzene rings is 3. The number of rotatable bonds is 13. The highest BCUT2D eigenvalue weighted by Gasteiger charge is 2.44. The molecule has 67 heavy (non-hydrogen) atoms. The van der Waals surface area contributed by atoms with E-state index in [1.807, 2.05) is 41.3 Å². The Balaban J connectivity index is 0.883. The maximum absolute atomic E-state index is 14.4. The average molecular weight is 949 g/mol. The van der Waals surface area contributed by atoms with Gasteiger partial charge in [-0.3, -0.25) is 19.8 Å². The molecule has 5 aliphatic rings. The highest BCUT2D eigenvalue weighted by Crippen LogP contribution is 2.53. The zero-order chi connectivity index (χ0) is 46.5. The largest absolute Gasteiger partial charge is 0.474 e. The summed E-state index contributed by atoms with van der Waals surface area (Å²) < 4.78 is 36.2. The van der Waals surface area contributed by atoms with E-state index in [4.69, 9.17) is 21.3 Å². The monoisotopic (exact) mass is 947 g/mol. The number of hydrogen-bond donors (Lipinski definition) is 3. The molecule has 2 saturated heterocycles. The highest BCUT2D eigenvalue weighted by atomic mass is 35.5. The third-order valence-corrected chi connectivity index (χ3v) is 16.3. The second-order valence-electron chi connectivity index (χ2n) is 19.8. The Bertz CT molecular complexity index is 2840. The normalized spacial score (nSPS) is 19.6. The van der Waals surface area contributed by atoms with Crippen molar-refractivity contribution >= 4 is 72.6 Å². The van der Waals surface area contributed by atoms with Crippen LogP contribution in [-0.4, -0.2) is 111 Å². The van der Waals surface area contributed by atoms with Crippen molar-refractivity contribution in [3.8, 4) is 5.88 Å². The summed E-state index contributed by atoms with van der Waals surface area (Å²) in [6.07, 6.45) is 10.0. The number of carbonyl (C=O) groups is 1. The Hall–Kier alpha value is -5.68. The number of pyridine rings is 1. The number of ether oxygens (including phenoxy) is 1. The Labute approximate surface area is 396 Å². The molecule has 15 nitrogen and oxygen atoms in total. The maximum atomic E-state index is 14.4. The van der Waals surface area contributed by atoms with E-state index in [0.717, 1.165) is 93.8 Å². The molecule has 352 valence electrons. The number of aromatic nitrogens is 2. The zero-order valence-corrected chi connectivity index (χ0v) is 39.7. The van der Waals surface area contributed by atoms with Crippen LogP contribution >= 0.6 is 11.6 Å². The Morgan fingerprint density at radius 2 is 1.67 bits per heavy atom. The molecule has 0 radical (unpaired) electrons. The number of hydrogen-bond acceptors (Lipinski definition) is 12. The van der Waals surface area contributed by atoms with Crippen molar-refractivity contribution in [2.24, 2.45) is 10.8 Å². The molecule has 2 aromatic heterocycles. The van der Waals surface area contributed by atoms with Gasteiger partial charge in [0.2, 0.25) is 5.88 Å². The van der Waals surface area contributed by atoms with Gasteiger partial charge in [0.15, 0.2) is 0 Å². The first-order valence-corrected chi connectivity index (χ1v) is 25.4. The van der Waals surface area contributed by atoms with E-state index in [9.17, 15) is 23.3 Å². The molecule has 1 spiro atoms. The smallest absolute Gasteiger partial charge is 0.293 e. The quantitative estimate of drug-likeness (QED) is 0.0759. The van der Waals surface area contributed by atoms with E-state index >= 15 is 0 Å². The number of H-pyrrole nitrogens is 1. The zero-order valence-electron chi connectivity index (χ0n) is 38.2. The van der Waals surface area contributed by atoms with Crippen molar-refractivity contribution in [3.63, 3.8) is 0 Å². The second-order valence-corrected chi connectivity index (χ2v) is 21.9. The standard InChI is InChI=1S/C50H58ClN9O6S/c1-49(2)13-11-36(41(32-49)34-3-5-37(51)6-4-34)33-57-23-25-58(26-24-57)38-7-9-40(43(30-38)59-27-28-66-48-45(59)29-35-12-18-53-46(35)54-48)47(61)55-67(64,65)39-8-10-42(44(31-39)60(62)63)52-19-22-56-20-16-50(14-15-50)17-21-56/h3-10,12,18,29-31,52H,11,13-17,19-28,32-33H2,1-2H3,(H,53,54)(H,55,61). The van der Waals surface area contributed by atoms with Crippen molar-refractivity contribution in [2.45, 2.75) is 63.7 Å². The van der Waals surface area contributed by atoms with Gasteiger partial charge in [0.25, 0.3) is 21.6 Å². The lowest BCUT2D eigenvalue weighted by molar-refractivity contribution is -0.384.